The van der Waals surface area contributed by atoms with Crippen molar-refractivity contribution in [2.75, 3.05) is 24.5 Å². The molecule has 2 heterocycles. The number of aliphatic hydroxyl groups is 1. The van der Waals surface area contributed by atoms with Crippen molar-refractivity contribution < 1.29 is 9.90 Å². The van der Waals surface area contributed by atoms with Crippen LogP contribution in [0.3, 0.4) is 0 Å². The fourth-order valence-corrected chi connectivity index (χ4v) is 4.95. The number of aromatic nitrogens is 3. The first-order valence-corrected chi connectivity index (χ1v) is 10.7. The van der Waals surface area contributed by atoms with E-state index in [-0.39, 0.29) is 29.1 Å². The number of anilines is 1. The first-order valence-electron chi connectivity index (χ1n) is 10.7. The van der Waals surface area contributed by atoms with E-state index in [2.05, 4.69) is 32.1 Å². The van der Waals surface area contributed by atoms with Crippen LogP contribution >= 0.6 is 0 Å². The Morgan fingerprint density at radius 2 is 2.07 bits per heavy atom. The van der Waals surface area contributed by atoms with Crippen molar-refractivity contribution in [1.29, 1.82) is 5.41 Å². The normalized spacial score (nSPS) is 30.4. The van der Waals surface area contributed by atoms with Gasteiger partial charge in [-0.3, -0.25) is 4.79 Å². The van der Waals surface area contributed by atoms with Gasteiger partial charge in [-0.1, -0.05) is 6.42 Å². The van der Waals surface area contributed by atoms with E-state index in [4.69, 9.17) is 5.41 Å². The van der Waals surface area contributed by atoms with E-state index in [1.165, 1.54) is 6.33 Å². The largest absolute Gasteiger partial charge is 0.504 e. The fraction of sp³-hybridized carbons (Fsp3) is 0.667. The van der Waals surface area contributed by atoms with Crippen molar-refractivity contribution in [2.45, 2.75) is 64.3 Å². The highest BCUT2D eigenvalue weighted by atomic mass is 16.3. The minimum Gasteiger partial charge on any atom is -0.504 e. The third-order valence-corrected chi connectivity index (χ3v) is 6.64. The number of carbonyl (C=O) groups is 1. The molecular formula is C21H30N6O2. The highest BCUT2D eigenvalue weighted by Gasteiger charge is 2.47. The predicted molar refractivity (Wildman–Crippen MR) is 111 cm³/mol. The van der Waals surface area contributed by atoms with Gasteiger partial charge in [0.15, 0.2) is 11.6 Å². The molecule has 2 atom stereocenters. The van der Waals surface area contributed by atoms with Crippen LogP contribution in [0, 0.1) is 10.8 Å². The smallest absolute Gasteiger partial charge is 0.229 e. The Balaban J connectivity index is 1.66. The van der Waals surface area contributed by atoms with Gasteiger partial charge in [-0.2, -0.15) is 4.98 Å². The summed E-state index contributed by atoms with van der Waals surface area (Å²) in [5.41, 5.74) is 0.0789. The Hall–Kier alpha value is -2.35. The molecule has 3 fully saturated rings. The average molecular weight is 399 g/mol. The summed E-state index contributed by atoms with van der Waals surface area (Å²) in [4.78, 5) is 27.9. The van der Waals surface area contributed by atoms with Gasteiger partial charge in [0, 0.05) is 31.1 Å². The molecule has 156 valence electrons. The molecule has 2 saturated carbocycles. The minimum atomic E-state index is -0.722. The monoisotopic (exact) mass is 398 g/mol. The van der Waals surface area contributed by atoms with Crippen molar-refractivity contribution in [1.82, 2.24) is 20.3 Å². The summed E-state index contributed by atoms with van der Waals surface area (Å²) in [6.45, 7) is 4.77. The molecule has 1 aliphatic heterocycles. The number of nitrogens with one attached hydrogen (secondary N) is 2. The van der Waals surface area contributed by atoms with Crippen molar-refractivity contribution in [3.8, 4) is 0 Å². The summed E-state index contributed by atoms with van der Waals surface area (Å²) in [7, 11) is 0. The summed E-state index contributed by atoms with van der Waals surface area (Å²) < 4.78 is 0. The standard InChI is InChI=1S/C21H30N6O2/c1-14-12-23-10-5-11-27(14)20-25-13-24-19(26-20)17(29)15-6-4-9-21(18(15)22)8-3-2-7-16(21)28/h13-14,22-23,29H,2-12H2,1H3/b17-15-,22-18?/t14-,21+/m0/s1. The molecule has 1 saturated heterocycles. The zero-order valence-electron chi connectivity index (χ0n) is 17.1. The zero-order valence-corrected chi connectivity index (χ0v) is 17.1. The topological polar surface area (TPSA) is 115 Å². The molecule has 8 nitrogen and oxygen atoms in total. The number of nitrogens with zero attached hydrogens (tertiary/aromatic N) is 4. The van der Waals surface area contributed by atoms with E-state index < -0.39 is 5.41 Å². The summed E-state index contributed by atoms with van der Waals surface area (Å²) in [5.74, 6) is 0.821. The van der Waals surface area contributed by atoms with Gasteiger partial charge in [-0.05, 0) is 52.0 Å². The molecule has 3 aliphatic rings. The van der Waals surface area contributed by atoms with Crippen molar-refractivity contribution in [2.24, 2.45) is 5.41 Å². The van der Waals surface area contributed by atoms with Gasteiger partial charge >= 0.3 is 0 Å². The van der Waals surface area contributed by atoms with Crippen LogP contribution in [0.1, 0.15) is 64.1 Å². The van der Waals surface area contributed by atoms with E-state index in [1.54, 1.807) is 0 Å². The molecule has 0 unspecified atom stereocenters. The van der Waals surface area contributed by atoms with E-state index in [9.17, 15) is 9.90 Å². The van der Waals surface area contributed by atoms with E-state index in [0.29, 0.717) is 37.2 Å². The van der Waals surface area contributed by atoms with Gasteiger partial charge in [-0.15, -0.1) is 0 Å². The number of hydrogen-bond acceptors (Lipinski definition) is 8. The maximum atomic E-state index is 12.7. The Kier molecular flexibility index (Phi) is 5.63. The third-order valence-electron chi connectivity index (χ3n) is 6.64. The van der Waals surface area contributed by atoms with Crippen LogP contribution in [0.2, 0.25) is 0 Å². The number of allylic oxidation sites excluding steroid dienone is 1. The lowest BCUT2D eigenvalue weighted by Gasteiger charge is -2.40. The van der Waals surface area contributed by atoms with Crippen LogP contribution in [0.25, 0.3) is 5.76 Å². The quantitative estimate of drug-likeness (QED) is 0.656. The highest BCUT2D eigenvalue weighted by Crippen LogP contribution is 2.45. The second kappa shape index (κ2) is 8.18. The van der Waals surface area contributed by atoms with Gasteiger partial charge in [0.1, 0.15) is 12.1 Å². The van der Waals surface area contributed by atoms with Crippen molar-refractivity contribution >= 4 is 23.2 Å². The van der Waals surface area contributed by atoms with Gasteiger partial charge < -0.3 is 20.7 Å². The molecule has 0 amide bonds. The third kappa shape index (κ3) is 3.66. The molecule has 0 bridgehead atoms. The number of aliphatic hydroxyl groups excluding tert-OH is 1. The molecule has 2 aliphatic carbocycles. The summed E-state index contributed by atoms with van der Waals surface area (Å²) in [6.07, 6.45) is 7.60. The summed E-state index contributed by atoms with van der Waals surface area (Å²) >= 11 is 0. The van der Waals surface area contributed by atoms with Crippen LogP contribution in [-0.2, 0) is 4.79 Å². The lowest BCUT2D eigenvalue weighted by Crippen LogP contribution is -2.44. The summed E-state index contributed by atoms with van der Waals surface area (Å²) in [5, 5.41) is 23.2. The Morgan fingerprint density at radius 1 is 1.24 bits per heavy atom. The van der Waals surface area contributed by atoms with Crippen molar-refractivity contribution in [3.05, 3.63) is 17.7 Å². The Labute approximate surface area is 171 Å². The Morgan fingerprint density at radius 3 is 2.90 bits per heavy atom. The van der Waals surface area contributed by atoms with E-state index in [1.807, 2.05) is 0 Å². The molecule has 1 aromatic heterocycles. The molecular weight excluding hydrogens is 368 g/mol. The molecule has 29 heavy (non-hydrogen) atoms. The number of ketones is 1. The van der Waals surface area contributed by atoms with Crippen LogP contribution < -0.4 is 10.2 Å². The molecule has 8 heteroatoms. The maximum absolute atomic E-state index is 12.7. The van der Waals surface area contributed by atoms with Gasteiger partial charge in [0.05, 0.1) is 11.1 Å². The van der Waals surface area contributed by atoms with Crippen molar-refractivity contribution in [3.63, 3.8) is 0 Å². The lowest BCUT2D eigenvalue weighted by molar-refractivity contribution is -0.128. The number of rotatable bonds is 2. The summed E-state index contributed by atoms with van der Waals surface area (Å²) in [6, 6.07) is 0.235. The number of hydrogen-bond donors (Lipinski definition) is 3. The molecule has 4 rings (SSSR count). The zero-order chi connectivity index (χ0) is 20.4. The first kappa shape index (κ1) is 19.9. The minimum absolute atomic E-state index is 0.0725. The maximum Gasteiger partial charge on any atom is 0.229 e. The lowest BCUT2D eigenvalue weighted by atomic mass is 9.62. The first-order chi connectivity index (χ1) is 14.0. The Bertz CT molecular complexity index is 834. The molecule has 0 radical (unpaired) electrons. The van der Waals surface area contributed by atoms with Crippen LogP contribution in [-0.4, -0.2) is 57.2 Å². The van der Waals surface area contributed by atoms with Gasteiger partial charge in [-0.25, -0.2) is 9.97 Å². The molecule has 3 N–H and O–H groups in total. The van der Waals surface area contributed by atoms with E-state index in [0.717, 1.165) is 45.3 Å². The molecule has 0 aromatic carbocycles. The van der Waals surface area contributed by atoms with Crippen LogP contribution in [0.15, 0.2) is 11.9 Å². The number of carbonyl (C=O) groups excluding carboxylic acids is 1. The van der Waals surface area contributed by atoms with E-state index >= 15 is 0 Å². The van der Waals surface area contributed by atoms with Crippen LogP contribution in [0.5, 0.6) is 0 Å². The van der Waals surface area contributed by atoms with Crippen LogP contribution in [0.4, 0.5) is 5.95 Å². The predicted octanol–water partition coefficient (Wildman–Crippen LogP) is 2.66. The second-order valence-electron chi connectivity index (χ2n) is 8.48. The second-order valence-corrected chi connectivity index (χ2v) is 8.48. The highest BCUT2D eigenvalue weighted by molar-refractivity contribution is 6.18. The molecule has 1 spiro atoms. The average Bonchev–Trinajstić information content (AvgIpc) is 2.96. The number of Topliss-reactive ketones (excluding diaryl/α,β-unsaturated/α-hetero) is 1. The molecule has 1 aromatic rings. The SMILES string of the molecule is C[C@H]1CNCCCN1c1ncnc(/C(O)=C2\CCC[C@@]3(CCCCC3=O)C2=N)n1. The van der Waals surface area contributed by atoms with Gasteiger partial charge in [0.25, 0.3) is 0 Å². The van der Waals surface area contributed by atoms with Gasteiger partial charge in [0.2, 0.25) is 5.95 Å². The fourth-order valence-electron chi connectivity index (χ4n) is 4.95.